The van der Waals surface area contributed by atoms with Crippen LogP contribution in [0, 0.1) is 0 Å². The number of carbonyl (C=O) groups is 2. The van der Waals surface area contributed by atoms with E-state index in [1.54, 1.807) is 32.4 Å². The molecule has 9 nitrogen and oxygen atoms in total. The van der Waals surface area contributed by atoms with Crippen molar-refractivity contribution in [3.05, 3.63) is 78.1 Å². The first-order valence-corrected chi connectivity index (χ1v) is 13.0. The van der Waals surface area contributed by atoms with Gasteiger partial charge in [-0.1, -0.05) is 48.2 Å². The smallest absolute Gasteiger partial charge is 0.244 e. The van der Waals surface area contributed by atoms with Crippen LogP contribution < -0.4 is 20.1 Å². The summed E-state index contributed by atoms with van der Waals surface area (Å²) in [5.41, 5.74) is 1.55. The van der Waals surface area contributed by atoms with E-state index in [9.17, 15) is 9.59 Å². The molecular formula is C28H29N5O4S. The molecule has 3 aromatic carbocycles. The number of anilines is 1. The summed E-state index contributed by atoms with van der Waals surface area (Å²) in [5, 5.41) is 17.0. The van der Waals surface area contributed by atoms with E-state index in [4.69, 9.17) is 9.47 Å². The maximum atomic E-state index is 12.5. The zero-order valence-electron chi connectivity index (χ0n) is 21.4. The Labute approximate surface area is 225 Å². The molecule has 0 aliphatic rings. The van der Waals surface area contributed by atoms with Crippen LogP contribution >= 0.6 is 11.8 Å². The normalized spacial score (nSPS) is 11.0. The van der Waals surface area contributed by atoms with Crippen LogP contribution in [-0.2, 0) is 22.7 Å². The molecule has 2 amide bonds. The lowest BCUT2D eigenvalue weighted by molar-refractivity contribution is -0.116. The minimum Gasteiger partial charge on any atom is -0.493 e. The fraction of sp³-hybridized carbons (Fsp3) is 0.214. The van der Waals surface area contributed by atoms with Gasteiger partial charge in [-0.25, -0.2) is 0 Å². The second kappa shape index (κ2) is 12.8. The molecule has 2 N–H and O–H groups in total. The van der Waals surface area contributed by atoms with Gasteiger partial charge in [-0.2, -0.15) is 0 Å². The van der Waals surface area contributed by atoms with Crippen molar-refractivity contribution in [1.29, 1.82) is 0 Å². The van der Waals surface area contributed by atoms with Gasteiger partial charge in [0, 0.05) is 18.3 Å². The second-order valence-electron chi connectivity index (χ2n) is 8.21. The van der Waals surface area contributed by atoms with E-state index >= 15 is 0 Å². The molecule has 1 heterocycles. The van der Waals surface area contributed by atoms with Crippen LogP contribution in [0.5, 0.6) is 11.5 Å². The SMILES string of the molecule is CCn1c(CNC(=O)/C=C/c2ccc(OC)c(OC)c2)nnc1SCC(=O)Nc1ccc2ccccc2c1. The van der Waals surface area contributed by atoms with Gasteiger partial charge in [0.15, 0.2) is 22.5 Å². The number of hydrogen-bond acceptors (Lipinski definition) is 7. The summed E-state index contributed by atoms with van der Waals surface area (Å²) in [5.74, 6) is 1.60. The van der Waals surface area contributed by atoms with Crippen LogP contribution in [0.2, 0.25) is 0 Å². The van der Waals surface area contributed by atoms with Gasteiger partial charge >= 0.3 is 0 Å². The Morgan fingerprint density at radius 3 is 2.53 bits per heavy atom. The van der Waals surface area contributed by atoms with E-state index in [2.05, 4.69) is 20.8 Å². The molecule has 0 unspecified atom stereocenters. The lowest BCUT2D eigenvalue weighted by Crippen LogP contribution is -2.22. The average molecular weight is 532 g/mol. The van der Waals surface area contributed by atoms with Crippen LogP contribution in [0.3, 0.4) is 0 Å². The number of fused-ring (bicyclic) bond motifs is 1. The van der Waals surface area contributed by atoms with Crippen molar-refractivity contribution in [2.75, 3.05) is 25.3 Å². The Morgan fingerprint density at radius 1 is 0.974 bits per heavy atom. The number of methoxy groups -OCH3 is 2. The van der Waals surface area contributed by atoms with E-state index < -0.39 is 0 Å². The molecule has 0 radical (unpaired) electrons. The summed E-state index contributed by atoms with van der Waals surface area (Å²) in [7, 11) is 3.13. The maximum absolute atomic E-state index is 12.5. The Hall–Kier alpha value is -4.31. The fourth-order valence-electron chi connectivity index (χ4n) is 3.82. The molecule has 0 aliphatic carbocycles. The molecule has 0 saturated carbocycles. The summed E-state index contributed by atoms with van der Waals surface area (Å²) >= 11 is 1.30. The van der Waals surface area contributed by atoms with Gasteiger partial charge in [-0.3, -0.25) is 9.59 Å². The number of rotatable bonds is 11. The topological polar surface area (TPSA) is 107 Å². The van der Waals surface area contributed by atoms with Gasteiger partial charge in [-0.05, 0) is 53.6 Å². The van der Waals surface area contributed by atoms with Crippen molar-refractivity contribution < 1.29 is 19.1 Å². The number of benzene rings is 3. The predicted octanol–water partition coefficient (Wildman–Crippen LogP) is 4.53. The number of nitrogens with zero attached hydrogens (tertiary/aromatic N) is 3. The van der Waals surface area contributed by atoms with Crippen LogP contribution in [0.1, 0.15) is 18.3 Å². The third-order valence-corrected chi connectivity index (χ3v) is 6.70. The van der Waals surface area contributed by atoms with E-state index in [0.29, 0.717) is 29.0 Å². The van der Waals surface area contributed by atoms with Gasteiger partial charge in [0.1, 0.15) is 0 Å². The number of hydrogen-bond donors (Lipinski definition) is 2. The van der Waals surface area contributed by atoms with Gasteiger partial charge in [0.25, 0.3) is 0 Å². The van der Waals surface area contributed by atoms with Crippen LogP contribution in [0.15, 0.2) is 71.9 Å². The fourth-order valence-corrected chi connectivity index (χ4v) is 4.64. The molecule has 38 heavy (non-hydrogen) atoms. The summed E-state index contributed by atoms with van der Waals surface area (Å²) in [4.78, 5) is 24.9. The van der Waals surface area contributed by atoms with Crippen molar-refractivity contribution in [2.45, 2.75) is 25.2 Å². The standard InChI is InChI=1S/C28H29N5O4S/c1-4-33-25(17-29-26(34)14-10-19-9-13-23(36-2)24(15-19)37-3)31-32-28(33)38-18-27(35)30-22-12-11-20-7-5-6-8-21(20)16-22/h5-16H,4,17-18H2,1-3H3,(H,29,34)(H,30,35)/b14-10+. The first kappa shape index (κ1) is 26.7. The number of amides is 2. The molecule has 4 rings (SSSR count). The van der Waals surface area contributed by atoms with Crippen LogP contribution in [0.25, 0.3) is 16.8 Å². The zero-order chi connectivity index (χ0) is 26.9. The summed E-state index contributed by atoms with van der Waals surface area (Å²) in [6, 6.07) is 19.2. The Kier molecular flexibility index (Phi) is 8.99. The van der Waals surface area contributed by atoms with Gasteiger partial charge in [0.05, 0.1) is 26.5 Å². The molecule has 0 bridgehead atoms. The Balaban J connectivity index is 1.30. The number of ether oxygens (including phenoxy) is 2. The van der Waals surface area contributed by atoms with Crippen LogP contribution in [-0.4, -0.2) is 46.6 Å². The molecule has 4 aromatic rings. The predicted molar refractivity (Wildman–Crippen MR) is 149 cm³/mol. The van der Waals surface area contributed by atoms with E-state index in [-0.39, 0.29) is 24.1 Å². The van der Waals surface area contributed by atoms with E-state index in [0.717, 1.165) is 22.0 Å². The quantitative estimate of drug-likeness (QED) is 0.216. The van der Waals surface area contributed by atoms with Gasteiger partial charge in [-0.15, -0.1) is 10.2 Å². The minimum atomic E-state index is -0.269. The van der Waals surface area contributed by atoms with Gasteiger partial charge in [0.2, 0.25) is 11.8 Å². The molecule has 0 spiro atoms. The molecule has 1 aromatic heterocycles. The highest BCUT2D eigenvalue weighted by atomic mass is 32.2. The third kappa shape index (κ3) is 6.71. The third-order valence-electron chi connectivity index (χ3n) is 5.73. The van der Waals surface area contributed by atoms with Crippen molar-refractivity contribution in [3.8, 4) is 11.5 Å². The number of carbonyl (C=O) groups excluding carboxylic acids is 2. The Morgan fingerprint density at radius 2 is 1.76 bits per heavy atom. The van der Waals surface area contributed by atoms with Crippen LogP contribution in [0.4, 0.5) is 5.69 Å². The molecule has 10 heteroatoms. The first-order valence-electron chi connectivity index (χ1n) is 12.0. The molecule has 0 aliphatic heterocycles. The highest BCUT2D eigenvalue weighted by Gasteiger charge is 2.14. The number of nitrogens with one attached hydrogen (secondary N) is 2. The highest BCUT2D eigenvalue weighted by Crippen LogP contribution is 2.28. The number of thioether (sulfide) groups is 1. The highest BCUT2D eigenvalue weighted by molar-refractivity contribution is 7.99. The Bertz CT molecular complexity index is 1470. The zero-order valence-corrected chi connectivity index (χ0v) is 22.2. The molecule has 0 fully saturated rings. The largest absolute Gasteiger partial charge is 0.493 e. The molecule has 196 valence electrons. The van der Waals surface area contributed by atoms with Gasteiger partial charge < -0.3 is 24.7 Å². The maximum Gasteiger partial charge on any atom is 0.244 e. The number of aromatic nitrogens is 3. The summed E-state index contributed by atoms with van der Waals surface area (Å²) < 4.78 is 12.4. The first-order chi connectivity index (χ1) is 18.5. The van der Waals surface area contributed by atoms with Crippen molar-refractivity contribution >= 4 is 46.1 Å². The summed E-state index contributed by atoms with van der Waals surface area (Å²) in [6.45, 7) is 2.78. The van der Waals surface area contributed by atoms with Crippen molar-refractivity contribution in [3.63, 3.8) is 0 Å². The average Bonchev–Trinajstić information content (AvgIpc) is 3.35. The molecule has 0 saturated heterocycles. The van der Waals surface area contributed by atoms with Crippen molar-refractivity contribution in [2.24, 2.45) is 0 Å². The second-order valence-corrected chi connectivity index (χ2v) is 9.15. The molecule has 0 atom stereocenters. The van der Waals surface area contributed by atoms with E-state index in [1.165, 1.54) is 17.8 Å². The van der Waals surface area contributed by atoms with Crippen molar-refractivity contribution in [1.82, 2.24) is 20.1 Å². The monoisotopic (exact) mass is 531 g/mol. The minimum absolute atomic E-state index is 0.133. The lowest BCUT2D eigenvalue weighted by atomic mass is 10.1. The van der Waals surface area contributed by atoms with E-state index in [1.807, 2.05) is 60.0 Å². The summed E-state index contributed by atoms with van der Waals surface area (Å²) in [6.07, 6.45) is 3.14. The molecular weight excluding hydrogens is 502 g/mol. The lowest BCUT2D eigenvalue weighted by Gasteiger charge is -2.09.